The van der Waals surface area contributed by atoms with Gasteiger partial charge >= 0.3 is 0 Å². The van der Waals surface area contributed by atoms with Gasteiger partial charge in [0.15, 0.2) is 0 Å². The average Bonchev–Trinajstić information content (AvgIpc) is 2.64. The van der Waals surface area contributed by atoms with Gasteiger partial charge in [0.2, 0.25) is 0 Å². The number of hydrogen-bond donors (Lipinski definition) is 3. The average molecular weight is 378 g/mol. The number of aromatic hydroxyl groups is 1. The van der Waals surface area contributed by atoms with Crippen LogP contribution in [0.2, 0.25) is 0 Å². The maximum absolute atomic E-state index is 11.6. The fraction of sp³-hybridized carbons (Fsp3) is 0.400. The van der Waals surface area contributed by atoms with Crippen molar-refractivity contribution in [1.82, 2.24) is 5.32 Å². The predicted octanol–water partition coefficient (Wildman–Crippen LogP) is 2.78. The van der Waals surface area contributed by atoms with Gasteiger partial charge in [0.25, 0.3) is 0 Å². The highest BCUT2D eigenvalue weighted by Gasteiger charge is 2.13. The van der Waals surface area contributed by atoms with Crippen molar-refractivity contribution in [1.29, 1.82) is 0 Å². The summed E-state index contributed by atoms with van der Waals surface area (Å²) in [4.78, 5) is 0.342. The molecule has 0 spiro atoms. The summed E-state index contributed by atoms with van der Waals surface area (Å²) in [6.45, 7) is 2.48. The lowest BCUT2D eigenvalue weighted by Crippen LogP contribution is -2.30. The summed E-state index contributed by atoms with van der Waals surface area (Å²) >= 11 is 0. The van der Waals surface area contributed by atoms with E-state index in [0.717, 1.165) is 18.6 Å². The number of phenolic OH excluding ortho intramolecular Hbond substituents is 1. The molecule has 0 bridgehead atoms. The van der Waals surface area contributed by atoms with Crippen LogP contribution in [0.5, 0.6) is 11.5 Å². The van der Waals surface area contributed by atoms with E-state index in [1.54, 1.807) is 19.2 Å². The van der Waals surface area contributed by atoms with Gasteiger partial charge in [-0.25, -0.2) is 0 Å². The Bertz CT molecular complexity index is 733. The van der Waals surface area contributed by atoms with E-state index in [4.69, 9.17) is 4.74 Å². The second kappa shape index (κ2) is 9.71. The van der Waals surface area contributed by atoms with E-state index in [-0.39, 0.29) is 11.8 Å². The van der Waals surface area contributed by atoms with Gasteiger partial charge in [-0.05, 0) is 55.2 Å². The van der Waals surface area contributed by atoms with E-state index in [1.165, 1.54) is 17.9 Å². The quantitative estimate of drug-likeness (QED) is 0.626. The molecular formula is C20H27NO4S. The second-order valence-corrected chi connectivity index (χ2v) is 7.74. The highest BCUT2D eigenvalue weighted by atomic mass is 32.2. The van der Waals surface area contributed by atoms with E-state index in [9.17, 15) is 14.4 Å². The van der Waals surface area contributed by atoms with Crippen molar-refractivity contribution < 1.29 is 19.2 Å². The van der Waals surface area contributed by atoms with Crippen LogP contribution >= 0.6 is 0 Å². The van der Waals surface area contributed by atoms with Gasteiger partial charge in [0.1, 0.15) is 11.5 Å². The van der Waals surface area contributed by atoms with Gasteiger partial charge < -0.3 is 20.3 Å². The van der Waals surface area contributed by atoms with Crippen LogP contribution in [-0.4, -0.2) is 40.4 Å². The molecule has 0 fully saturated rings. The third-order valence-electron chi connectivity index (χ3n) is 4.36. The lowest BCUT2D eigenvalue weighted by Gasteiger charge is -2.18. The molecule has 0 radical (unpaired) electrons. The lowest BCUT2D eigenvalue weighted by molar-refractivity contribution is 0.169. The molecule has 0 unspecified atom stereocenters. The van der Waals surface area contributed by atoms with Crippen molar-refractivity contribution in [3.63, 3.8) is 0 Å². The van der Waals surface area contributed by atoms with E-state index in [1.807, 2.05) is 12.1 Å². The minimum absolute atomic E-state index is 0.0115. The van der Waals surface area contributed by atoms with Crippen LogP contribution in [0.15, 0.2) is 47.4 Å². The van der Waals surface area contributed by atoms with Crippen molar-refractivity contribution in [2.24, 2.45) is 0 Å². The third-order valence-corrected chi connectivity index (χ3v) is 5.31. The minimum atomic E-state index is -1.30. The van der Waals surface area contributed by atoms with Crippen molar-refractivity contribution >= 4 is 10.8 Å². The molecule has 142 valence electrons. The number of aryl methyl sites for hydroxylation is 1. The number of phenols is 1. The van der Waals surface area contributed by atoms with Gasteiger partial charge in [0, 0.05) is 18.8 Å². The highest BCUT2D eigenvalue weighted by molar-refractivity contribution is 7.84. The minimum Gasteiger partial charge on any atom is -0.507 e. The van der Waals surface area contributed by atoms with Crippen LogP contribution in [0.3, 0.4) is 0 Å². The molecular weight excluding hydrogens is 350 g/mol. The largest absolute Gasteiger partial charge is 0.507 e. The molecule has 26 heavy (non-hydrogen) atoms. The third kappa shape index (κ3) is 5.83. The van der Waals surface area contributed by atoms with Gasteiger partial charge in [-0.1, -0.05) is 18.2 Å². The first-order chi connectivity index (χ1) is 12.4. The Morgan fingerprint density at radius 2 is 1.88 bits per heavy atom. The van der Waals surface area contributed by atoms with E-state index in [2.05, 4.69) is 24.4 Å². The zero-order valence-electron chi connectivity index (χ0n) is 15.4. The summed E-state index contributed by atoms with van der Waals surface area (Å²) in [6.07, 6.45) is 2.66. The van der Waals surface area contributed by atoms with Gasteiger partial charge in [0.05, 0.1) is 28.9 Å². The van der Waals surface area contributed by atoms with Crippen LogP contribution < -0.4 is 10.1 Å². The van der Waals surface area contributed by atoms with Crippen molar-refractivity contribution in [3.8, 4) is 11.5 Å². The number of ether oxygens (including phenoxy) is 1. The lowest BCUT2D eigenvalue weighted by atomic mass is 10.1. The fourth-order valence-electron chi connectivity index (χ4n) is 2.68. The smallest absolute Gasteiger partial charge is 0.131 e. The van der Waals surface area contributed by atoms with Crippen LogP contribution in [0.1, 0.15) is 30.6 Å². The number of nitrogens with one attached hydrogen (secondary N) is 1. The molecule has 3 N–H and O–H groups in total. The van der Waals surface area contributed by atoms with Gasteiger partial charge in [-0.15, -0.1) is 0 Å². The van der Waals surface area contributed by atoms with Gasteiger partial charge in [-0.2, -0.15) is 0 Å². The van der Waals surface area contributed by atoms with Crippen molar-refractivity contribution in [2.45, 2.75) is 36.8 Å². The first kappa shape index (κ1) is 20.4. The molecule has 0 heterocycles. The van der Waals surface area contributed by atoms with Crippen LogP contribution in [0.4, 0.5) is 0 Å². The molecule has 0 aliphatic carbocycles. The summed E-state index contributed by atoms with van der Waals surface area (Å²) < 4.78 is 16.8. The molecule has 0 saturated carbocycles. The second-order valence-electron chi connectivity index (χ2n) is 6.39. The Balaban J connectivity index is 1.83. The zero-order chi connectivity index (χ0) is 19.1. The molecule has 0 aromatic heterocycles. The summed E-state index contributed by atoms with van der Waals surface area (Å²) in [5, 5.41) is 23.4. The van der Waals surface area contributed by atoms with Crippen molar-refractivity contribution in [3.05, 3.63) is 53.6 Å². The Hall–Kier alpha value is -1.89. The first-order valence-electron chi connectivity index (χ1n) is 8.61. The number of benzene rings is 2. The van der Waals surface area contributed by atoms with Crippen LogP contribution in [-0.2, 0) is 17.2 Å². The molecule has 3 atom stereocenters. The summed E-state index contributed by atoms with van der Waals surface area (Å²) in [7, 11) is 0.357. The molecule has 0 aliphatic rings. The van der Waals surface area contributed by atoms with Crippen LogP contribution in [0, 0.1) is 0 Å². The Morgan fingerprint density at radius 1 is 1.19 bits per heavy atom. The number of aliphatic hydroxyl groups is 1. The predicted molar refractivity (Wildman–Crippen MR) is 104 cm³/mol. The maximum Gasteiger partial charge on any atom is 0.131 e. The Morgan fingerprint density at radius 3 is 2.50 bits per heavy atom. The highest BCUT2D eigenvalue weighted by Crippen LogP contribution is 2.24. The standard InChI is InChI=1S/C20H27NO4S/c1-14(4-5-15-6-9-17(25-2)10-7-15)21-13-19(23)16-8-11-18(22)20(12-16)26(3)24/h6-12,14,19,21-23H,4-5,13H2,1-3H3/t14-,19-,26+/m0/s1. The Labute approximate surface area is 157 Å². The van der Waals surface area contributed by atoms with E-state index < -0.39 is 16.9 Å². The zero-order valence-corrected chi connectivity index (χ0v) is 16.3. The topological polar surface area (TPSA) is 78.8 Å². The maximum atomic E-state index is 11.6. The molecule has 2 aromatic rings. The summed E-state index contributed by atoms with van der Waals surface area (Å²) in [5.41, 5.74) is 1.89. The SMILES string of the molecule is COc1ccc(CC[C@H](C)NC[C@H](O)c2ccc(O)c([S@@](C)=O)c2)cc1. The molecule has 5 nitrogen and oxygen atoms in total. The summed E-state index contributed by atoms with van der Waals surface area (Å²) in [6, 6.07) is 13.0. The van der Waals surface area contributed by atoms with E-state index in [0.29, 0.717) is 17.0 Å². The number of rotatable bonds is 9. The molecule has 2 aromatic carbocycles. The number of methoxy groups -OCH3 is 1. The molecule has 0 aliphatic heterocycles. The fourth-order valence-corrected chi connectivity index (χ4v) is 3.34. The van der Waals surface area contributed by atoms with Crippen molar-refractivity contribution in [2.75, 3.05) is 19.9 Å². The monoisotopic (exact) mass is 377 g/mol. The van der Waals surface area contributed by atoms with E-state index >= 15 is 0 Å². The Kier molecular flexibility index (Phi) is 7.63. The number of hydrogen-bond acceptors (Lipinski definition) is 5. The first-order valence-corrected chi connectivity index (χ1v) is 10.2. The molecule has 0 saturated heterocycles. The molecule has 6 heteroatoms. The number of aliphatic hydroxyl groups excluding tert-OH is 1. The van der Waals surface area contributed by atoms with Gasteiger partial charge in [-0.3, -0.25) is 4.21 Å². The normalized spacial score (nSPS) is 14.6. The summed E-state index contributed by atoms with van der Waals surface area (Å²) in [5.74, 6) is 0.840. The van der Waals surface area contributed by atoms with Crippen LogP contribution in [0.25, 0.3) is 0 Å². The molecule has 2 rings (SSSR count). The molecule has 0 amide bonds.